The van der Waals surface area contributed by atoms with Crippen LogP contribution in [0.5, 0.6) is 0 Å². The highest BCUT2D eigenvalue weighted by Crippen LogP contribution is 2.30. The van der Waals surface area contributed by atoms with Crippen LogP contribution in [0.4, 0.5) is 13.2 Å². The topological polar surface area (TPSA) is 49.3 Å². The lowest BCUT2D eigenvalue weighted by molar-refractivity contribution is -0.167. The molecule has 0 saturated carbocycles. The summed E-state index contributed by atoms with van der Waals surface area (Å²) < 4.78 is 39.0. The minimum absolute atomic E-state index is 0.219. The fraction of sp³-hybridized carbons (Fsp3) is 0.562. The van der Waals surface area contributed by atoms with E-state index in [1.165, 1.54) is 0 Å². The molecule has 1 aromatic carbocycles. The molecular weight excluding hydrogens is 295 g/mol. The van der Waals surface area contributed by atoms with Crippen molar-refractivity contribution in [3.63, 3.8) is 0 Å². The number of aliphatic hydroxyl groups is 1. The first-order chi connectivity index (χ1) is 9.99. The molecule has 2 N–H and O–H groups in total. The SMILES string of the molecule is CC(C)(C)CC(NC(=O)CC(O)c1ccccc1)C(F)(F)F. The van der Waals surface area contributed by atoms with Crippen molar-refractivity contribution < 1.29 is 23.1 Å². The van der Waals surface area contributed by atoms with Crippen molar-refractivity contribution in [1.29, 1.82) is 0 Å². The fourth-order valence-corrected chi connectivity index (χ4v) is 2.08. The third kappa shape index (κ3) is 6.47. The summed E-state index contributed by atoms with van der Waals surface area (Å²) in [6.45, 7) is 5.03. The van der Waals surface area contributed by atoms with Crippen LogP contribution in [0.25, 0.3) is 0 Å². The van der Waals surface area contributed by atoms with Gasteiger partial charge in [-0.15, -0.1) is 0 Å². The molecule has 0 aliphatic carbocycles. The van der Waals surface area contributed by atoms with Crippen molar-refractivity contribution in [3.8, 4) is 0 Å². The van der Waals surface area contributed by atoms with Crippen molar-refractivity contribution in [2.45, 2.75) is 51.9 Å². The first-order valence-corrected chi connectivity index (χ1v) is 7.08. The Morgan fingerprint density at radius 3 is 2.18 bits per heavy atom. The van der Waals surface area contributed by atoms with Crippen LogP contribution in [0.3, 0.4) is 0 Å². The molecule has 0 radical (unpaired) electrons. The van der Waals surface area contributed by atoms with Crippen LogP contribution in [0, 0.1) is 5.41 Å². The molecule has 1 rings (SSSR count). The molecule has 6 heteroatoms. The van der Waals surface area contributed by atoms with Gasteiger partial charge >= 0.3 is 6.18 Å². The molecule has 0 spiro atoms. The van der Waals surface area contributed by atoms with Crippen LogP contribution in [-0.2, 0) is 4.79 Å². The molecule has 0 aliphatic heterocycles. The quantitative estimate of drug-likeness (QED) is 0.872. The van der Waals surface area contributed by atoms with Crippen molar-refractivity contribution >= 4 is 5.91 Å². The van der Waals surface area contributed by atoms with Gasteiger partial charge in [-0.25, -0.2) is 0 Å². The number of halogens is 3. The average Bonchev–Trinajstić information content (AvgIpc) is 2.36. The Balaban J connectivity index is 2.67. The minimum atomic E-state index is -4.51. The molecule has 0 saturated heterocycles. The molecule has 1 aromatic rings. The van der Waals surface area contributed by atoms with Gasteiger partial charge in [0.15, 0.2) is 0 Å². The standard InChI is InChI=1S/C16H22F3NO2/c1-15(2,3)10-13(16(17,18)19)20-14(22)9-12(21)11-7-5-4-6-8-11/h4-8,12-13,21H,9-10H2,1-3H3,(H,20,22). The Hall–Kier alpha value is -1.56. The summed E-state index contributed by atoms with van der Waals surface area (Å²) in [5.41, 5.74) is -0.0806. The minimum Gasteiger partial charge on any atom is -0.388 e. The van der Waals surface area contributed by atoms with E-state index in [1.807, 2.05) is 5.32 Å². The zero-order valence-electron chi connectivity index (χ0n) is 12.9. The van der Waals surface area contributed by atoms with E-state index in [0.717, 1.165) is 0 Å². The Morgan fingerprint density at radius 2 is 1.73 bits per heavy atom. The van der Waals surface area contributed by atoms with Gasteiger partial charge in [0.1, 0.15) is 6.04 Å². The number of amides is 1. The number of hydrogen-bond donors (Lipinski definition) is 2. The molecular formula is C16H22F3NO2. The molecule has 124 valence electrons. The van der Waals surface area contributed by atoms with Gasteiger partial charge in [-0.3, -0.25) is 4.79 Å². The summed E-state index contributed by atoms with van der Waals surface area (Å²) in [5.74, 6) is -0.817. The number of benzene rings is 1. The highest BCUT2D eigenvalue weighted by atomic mass is 19.4. The van der Waals surface area contributed by atoms with Crippen LogP contribution in [0.1, 0.15) is 45.3 Å². The first-order valence-electron chi connectivity index (χ1n) is 7.08. The second kappa shape index (κ2) is 7.13. The lowest BCUT2D eigenvalue weighted by Gasteiger charge is -2.28. The predicted molar refractivity (Wildman–Crippen MR) is 78.1 cm³/mol. The lowest BCUT2D eigenvalue weighted by Crippen LogP contribution is -2.47. The number of nitrogens with one attached hydrogen (secondary N) is 1. The van der Waals surface area contributed by atoms with Gasteiger partial charge in [-0.2, -0.15) is 13.2 Å². The first kappa shape index (κ1) is 18.5. The summed E-state index contributed by atoms with van der Waals surface area (Å²) in [7, 11) is 0. The van der Waals surface area contributed by atoms with Gasteiger partial charge in [0.25, 0.3) is 0 Å². The molecule has 0 bridgehead atoms. The summed E-state index contributed by atoms with van der Waals surface area (Å²) in [6, 6.07) is 6.45. The van der Waals surface area contributed by atoms with Crippen LogP contribution in [-0.4, -0.2) is 23.2 Å². The molecule has 0 aromatic heterocycles. The Labute approximate surface area is 128 Å². The Kier molecular flexibility index (Phi) is 6.00. The van der Waals surface area contributed by atoms with Crippen LogP contribution >= 0.6 is 0 Å². The normalized spacial score (nSPS) is 15.2. The van der Waals surface area contributed by atoms with Gasteiger partial charge in [0.05, 0.1) is 12.5 Å². The van der Waals surface area contributed by atoms with Crippen molar-refractivity contribution in [2.75, 3.05) is 0 Å². The number of hydrogen-bond acceptors (Lipinski definition) is 2. The Bertz CT molecular complexity index is 480. The second-order valence-corrected chi connectivity index (χ2v) is 6.56. The molecule has 3 nitrogen and oxygen atoms in total. The number of alkyl halides is 3. The summed E-state index contributed by atoms with van der Waals surface area (Å²) >= 11 is 0. The highest BCUT2D eigenvalue weighted by Gasteiger charge is 2.42. The van der Waals surface area contributed by atoms with Crippen molar-refractivity contribution in [2.24, 2.45) is 5.41 Å². The zero-order valence-corrected chi connectivity index (χ0v) is 12.9. The fourth-order valence-electron chi connectivity index (χ4n) is 2.08. The van der Waals surface area contributed by atoms with E-state index in [9.17, 15) is 23.1 Å². The number of rotatable bonds is 5. The largest absolute Gasteiger partial charge is 0.408 e. The predicted octanol–water partition coefficient (Wildman–Crippen LogP) is 3.59. The monoisotopic (exact) mass is 317 g/mol. The smallest absolute Gasteiger partial charge is 0.388 e. The van der Waals surface area contributed by atoms with E-state index in [2.05, 4.69) is 0 Å². The summed E-state index contributed by atoms with van der Waals surface area (Å²) in [4.78, 5) is 11.8. The Morgan fingerprint density at radius 1 is 1.18 bits per heavy atom. The lowest BCUT2D eigenvalue weighted by atomic mass is 9.87. The highest BCUT2D eigenvalue weighted by molar-refractivity contribution is 5.77. The van der Waals surface area contributed by atoms with E-state index >= 15 is 0 Å². The number of carbonyl (C=O) groups is 1. The van der Waals surface area contributed by atoms with Gasteiger partial charge in [0, 0.05) is 0 Å². The average molecular weight is 317 g/mol. The zero-order chi connectivity index (χ0) is 17.0. The molecule has 2 atom stereocenters. The van der Waals surface area contributed by atoms with Crippen LogP contribution in [0.2, 0.25) is 0 Å². The van der Waals surface area contributed by atoms with Crippen molar-refractivity contribution in [1.82, 2.24) is 5.32 Å². The maximum absolute atomic E-state index is 13.0. The third-order valence-electron chi connectivity index (χ3n) is 3.11. The molecule has 2 unspecified atom stereocenters. The third-order valence-corrected chi connectivity index (χ3v) is 3.11. The molecule has 0 heterocycles. The van der Waals surface area contributed by atoms with Crippen molar-refractivity contribution in [3.05, 3.63) is 35.9 Å². The number of aliphatic hydroxyl groups excluding tert-OH is 1. The maximum Gasteiger partial charge on any atom is 0.408 e. The second-order valence-electron chi connectivity index (χ2n) is 6.56. The van der Waals surface area contributed by atoms with E-state index < -0.39 is 36.1 Å². The number of carbonyl (C=O) groups excluding carboxylic acids is 1. The van der Waals surface area contributed by atoms with Gasteiger partial charge < -0.3 is 10.4 Å². The van der Waals surface area contributed by atoms with E-state index in [0.29, 0.717) is 5.56 Å². The van der Waals surface area contributed by atoms with Gasteiger partial charge in [-0.1, -0.05) is 51.1 Å². The molecule has 1 amide bonds. The van der Waals surface area contributed by atoms with Gasteiger partial charge in [0.2, 0.25) is 5.91 Å². The maximum atomic E-state index is 13.0. The van der Waals surface area contributed by atoms with Gasteiger partial charge in [-0.05, 0) is 17.4 Å². The molecule has 22 heavy (non-hydrogen) atoms. The molecule has 0 aliphatic rings. The summed E-state index contributed by atoms with van der Waals surface area (Å²) in [5, 5.41) is 11.9. The summed E-state index contributed by atoms with van der Waals surface area (Å²) in [6.07, 6.45) is -6.25. The van der Waals surface area contributed by atoms with E-state index in [1.54, 1.807) is 51.1 Å². The molecule has 0 fully saturated rings. The van der Waals surface area contributed by atoms with E-state index in [-0.39, 0.29) is 6.42 Å². The van der Waals surface area contributed by atoms with Crippen LogP contribution in [0.15, 0.2) is 30.3 Å². The van der Waals surface area contributed by atoms with Crippen LogP contribution < -0.4 is 5.32 Å². The van der Waals surface area contributed by atoms with E-state index in [4.69, 9.17) is 0 Å².